The molecule has 4 fully saturated rings. The largest absolute Gasteiger partial charge is 0.507 e. The Morgan fingerprint density at radius 2 is 1.29 bits per heavy atom. The van der Waals surface area contributed by atoms with Crippen molar-refractivity contribution < 1.29 is 38.7 Å². The molecule has 4 atom stereocenters. The zero-order valence-electron chi connectivity index (χ0n) is 37.6. The highest BCUT2D eigenvalue weighted by Crippen LogP contribution is 2.38. The molecule has 1 amide bonds. The molecule has 19 heteroatoms. The van der Waals surface area contributed by atoms with Gasteiger partial charge in [0.2, 0.25) is 0 Å². The van der Waals surface area contributed by atoms with Gasteiger partial charge in [0.15, 0.2) is 12.5 Å². The van der Waals surface area contributed by atoms with E-state index in [4.69, 9.17) is 43.7 Å². The maximum atomic E-state index is 10.7. The van der Waals surface area contributed by atoms with Crippen LogP contribution in [-0.2, 0) is 18.9 Å². The summed E-state index contributed by atoms with van der Waals surface area (Å²) in [5.74, 6) is 2.49. The third-order valence-electron chi connectivity index (χ3n) is 12.5. The molecule has 0 saturated carbocycles. The van der Waals surface area contributed by atoms with E-state index in [1.165, 1.54) is 0 Å². The fourth-order valence-corrected chi connectivity index (χ4v) is 9.05. The number of hydrogen-bond acceptors (Lipinski definition) is 15. The van der Waals surface area contributed by atoms with Crippen LogP contribution in [0.25, 0.3) is 44.6 Å². The van der Waals surface area contributed by atoms with Gasteiger partial charge in [-0.3, -0.25) is 9.97 Å². The fourth-order valence-electron chi connectivity index (χ4n) is 9.05. The zero-order chi connectivity index (χ0) is 45.4. The van der Waals surface area contributed by atoms with Gasteiger partial charge in [-0.2, -0.15) is 10.2 Å². The van der Waals surface area contributed by atoms with Gasteiger partial charge in [0.1, 0.15) is 45.6 Å². The molecule has 10 heterocycles. The van der Waals surface area contributed by atoms with Gasteiger partial charge >= 0.3 is 6.09 Å². The lowest BCUT2D eigenvalue weighted by atomic mass is 10.1. The van der Waals surface area contributed by atoms with Gasteiger partial charge in [-0.1, -0.05) is 0 Å². The summed E-state index contributed by atoms with van der Waals surface area (Å²) in [6, 6.07) is 11.7. The van der Waals surface area contributed by atoms with E-state index in [9.17, 15) is 9.90 Å². The highest BCUT2D eigenvalue weighted by molar-refractivity contribution is 5.96. The highest BCUT2D eigenvalue weighted by Gasteiger charge is 2.28. The van der Waals surface area contributed by atoms with Crippen LogP contribution < -0.4 is 19.9 Å². The van der Waals surface area contributed by atoms with E-state index in [0.717, 1.165) is 117 Å². The van der Waals surface area contributed by atoms with Gasteiger partial charge in [-0.25, -0.2) is 24.1 Å². The first kappa shape index (κ1) is 45.0. The lowest BCUT2D eigenvalue weighted by Crippen LogP contribution is -2.44. The molecule has 0 spiro atoms. The molecular weight excluding hydrogens is 847 g/mol. The Morgan fingerprint density at radius 1 is 0.727 bits per heavy atom. The molecule has 4 saturated heterocycles. The number of anilines is 2. The van der Waals surface area contributed by atoms with Crippen molar-refractivity contribution in [3.63, 3.8) is 0 Å². The molecule has 66 heavy (non-hydrogen) atoms. The number of carboxylic acid groups (broad SMARTS) is 1. The van der Waals surface area contributed by atoms with Gasteiger partial charge in [-0.05, 0) is 89.5 Å². The minimum absolute atomic E-state index is 0.0955. The molecule has 10 rings (SSSR count). The van der Waals surface area contributed by atoms with Crippen molar-refractivity contribution in [3.8, 4) is 34.3 Å². The van der Waals surface area contributed by atoms with Crippen molar-refractivity contribution in [1.29, 1.82) is 0 Å². The number of amides is 1. The van der Waals surface area contributed by atoms with E-state index in [0.29, 0.717) is 62.6 Å². The molecule has 0 aliphatic carbocycles. The summed E-state index contributed by atoms with van der Waals surface area (Å²) >= 11 is 0. The van der Waals surface area contributed by atoms with Gasteiger partial charge in [-0.15, -0.1) is 0 Å². The summed E-state index contributed by atoms with van der Waals surface area (Å²) in [4.78, 5) is 34.5. The third kappa shape index (κ3) is 9.98. The highest BCUT2D eigenvalue weighted by atomic mass is 16.5. The molecule has 2 unspecified atom stereocenters. The number of unbranched alkanes of at least 4 members (excludes halogenated alkanes) is 1. The Balaban J connectivity index is 0.000000171. The van der Waals surface area contributed by atoms with Crippen LogP contribution >= 0.6 is 0 Å². The Hall–Kier alpha value is -6.15. The Kier molecular flexibility index (Phi) is 14.3. The van der Waals surface area contributed by atoms with E-state index in [1.807, 2.05) is 33.6 Å². The molecule has 4 aliphatic heterocycles. The van der Waals surface area contributed by atoms with Gasteiger partial charge < -0.3 is 49.0 Å². The first-order chi connectivity index (χ1) is 32.3. The van der Waals surface area contributed by atoms with Crippen LogP contribution in [0.3, 0.4) is 0 Å². The zero-order valence-corrected chi connectivity index (χ0v) is 37.6. The van der Waals surface area contributed by atoms with Gasteiger partial charge in [0, 0.05) is 80.5 Å². The van der Waals surface area contributed by atoms with Crippen LogP contribution in [0, 0.1) is 0 Å². The minimum atomic E-state index is -1.01. The molecular formula is C47H59N11O8. The third-order valence-corrected chi connectivity index (χ3v) is 12.5. The van der Waals surface area contributed by atoms with Crippen LogP contribution in [0.4, 0.5) is 16.4 Å². The van der Waals surface area contributed by atoms with Crippen LogP contribution in [0.1, 0.15) is 77.7 Å². The Morgan fingerprint density at radius 3 is 1.83 bits per heavy atom. The number of carbonyl (C=O) groups is 1. The van der Waals surface area contributed by atoms with Gasteiger partial charge in [0.25, 0.3) is 0 Å². The van der Waals surface area contributed by atoms with E-state index < -0.39 is 6.09 Å². The summed E-state index contributed by atoms with van der Waals surface area (Å²) in [5.41, 5.74) is 4.57. The number of aromatic nitrogens is 8. The average Bonchev–Trinajstić information content (AvgIpc) is 4.05. The number of morpholine rings is 2. The van der Waals surface area contributed by atoms with Crippen molar-refractivity contribution in [2.24, 2.45) is 0 Å². The number of ether oxygens (including phenoxy) is 5. The smallest absolute Gasteiger partial charge is 0.404 e. The topological polar surface area (TPSA) is 209 Å². The molecule has 0 radical (unpaired) electrons. The number of rotatable bonds is 12. The van der Waals surface area contributed by atoms with E-state index >= 15 is 0 Å². The predicted octanol–water partition coefficient (Wildman–Crippen LogP) is 6.97. The summed E-state index contributed by atoms with van der Waals surface area (Å²) in [5, 5.41) is 32.5. The minimum Gasteiger partial charge on any atom is -0.507 e. The van der Waals surface area contributed by atoms with E-state index in [2.05, 4.69) is 44.1 Å². The molecule has 6 aromatic heterocycles. The van der Waals surface area contributed by atoms with Crippen molar-refractivity contribution in [1.82, 2.24) is 44.8 Å². The maximum Gasteiger partial charge on any atom is 0.404 e. The number of pyridine rings is 4. The first-order valence-corrected chi connectivity index (χ1v) is 23.2. The molecule has 6 aromatic rings. The van der Waals surface area contributed by atoms with Crippen molar-refractivity contribution in [3.05, 3.63) is 61.2 Å². The van der Waals surface area contributed by atoms with Crippen molar-refractivity contribution in [2.45, 2.75) is 89.8 Å². The Labute approximate surface area is 383 Å². The fraction of sp³-hybridized carbons (Fsp3) is 0.511. The number of fused-ring (bicyclic) bond motifs is 2. The second-order valence-corrected chi connectivity index (χ2v) is 17.1. The predicted molar refractivity (Wildman–Crippen MR) is 247 cm³/mol. The lowest BCUT2D eigenvalue weighted by molar-refractivity contribution is -0.0384. The molecule has 19 nitrogen and oxygen atoms in total. The normalized spacial score (nSPS) is 21.4. The summed E-state index contributed by atoms with van der Waals surface area (Å²) in [7, 11) is 0. The second-order valence-electron chi connectivity index (χ2n) is 17.1. The standard InChI is InChI=1S/C26H34N6O5.C21H25N5O3/c1-18-17-35-15-12-31(18)22-16-21(36-13-5-3-9-28-26(33)34)19-7-10-27-25(24(19)30-22)20-8-11-29-32(20)23-6-2-4-14-37-23;1-14-13-28-11-9-25(14)18-12-17(27)15-5-7-22-21(20(15)24-18)16-6-8-23-26(16)19-4-2-3-10-29-19/h7-8,10-11,16,18,23,28H,2-6,9,12-15,17H2,1H3,(H,33,34);5-8,12,14,19H,2-4,9-11,13H2,1H3,(H,24,27)/t18-,23?;14-,19?/m11/s1. The molecule has 4 aliphatic rings. The quantitative estimate of drug-likeness (QED) is 0.106. The molecule has 350 valence electrons. The monoisotopic (exact) mass is 905 g/mol. The molecule has 0 bridgehead atoms. The summed E-state index contributed by atoms with van der Waals surface area (Å²) in [6.45, 7) is 10.6. The average molecular weight is 906 g/mol. The molecule has 0 aromatic carbocycles. The number of hydrogen-bond donors (Lipinski definition) is 3. The van der Waals surface area contributed by atoms with Crippen LogP contribution in [-0.4, -0.2) is 134 Å². The van der Waals surface area contributed by atoms with Crippen molar-refractivity contribution >= 4 is 39.5 Å². The maximum absolute atomic E-state index is 10.7. The second kappa shape index (κ2) is 21.0. The van der Waals surface area contributed by atoms with E-state index in [-0.39, 0.29) is 30.3 Å². The van der Waals surface area contributed by atoms with Crippen molar-refractivity contribution in [2.75, 3.05) is 75.7 Å². The van der Waals surface area contributed by atoms with Gasteiger partial charge in [0.05, 0.1) is 56.5 Å². The Bertz CT molecular complexity index is 2580. The van der Waals surface area contributed by atoms with Crippen LogP contribution in [0.2, 0.25) is 0 Å². The molecule has 3 N–H and O–H groups in total. The number of nitrogens with one attached hydrogen (secondary N) is 1. The number of aromatic hydroxyl groups is 1. The first-order valence-electron chi connectivity index (χ1n) is 23.2. The van der Waals surface area contributed by atoms with Crippen LogP contribution in [0.15, 0.2) is 61.2 Å². The SMILES string of the molecule is C[C@@H]1COCCN1c1cc(O)c2ccnc(-c3ccnn3C3CCCCO3)c2n1.C[C@@H]1COCCN1c1cc(OCCCCNC(=O)O)c2ccnc(-c3ccnn3C3CCCCO3)c2n1. The lowest BCUT2D eigenvalue weighted by Gasteiger charge is -2.34. The summed E-state index contributed by atoms with van der Waals surface area (Å²) < 4.78 is 33.2. The van der Waals surface area contributed by atoms with Crippen LogP contribution in [0.5, 0.6) is 11.5 Å². The summed E-state index contributed by atoms with van der Waals surface area (Å²) in [6.07, 6.45) is 13.4. The number of nitrogens with zero attached hydrogens (tertiary/aromatic N) is 10. The van der Waals surface area contributed by atoms with E-state index in [1.54, 1.807) is 36.9 Å².